The van der Waals surface area contributed by atoms with Gasteiger partial charge in [-0.05, 0) is 74.4 Å². The lowest BCUT2D eigenvalue weighted by Crippen LogP contribution is -2.39. The zero-order chi connectivity index (χ0) is 32.6. The summed E-state index contributed by atoms with van der Waals surface area (Å²) >= 11 is 6.57. The molecule has 0 aliphatic rings. The van der Waals surface area contributed by atoms with Crippen LogP contribution in [0.1, 0.15) is 37.6 Å². The van der Waals surface area contributed by atoms with Crippen molar-refractivity contribution in [1.82, 2.24) is 14.7 Å². The normalized spacial score (nSPS) is 11.8. The Hall–Kier alpha value is -4.28. The first-order chi connectivity index (χ1) is 21.4. The number of hydrogen-bond acceptors (Lipinski definition) is 6. The van der Waals surface area contributed by atoms with Gasteiger partial charge in [0.05, 0.1) is 29.6 Å². The van der Waals surface area contributed by atoms with Crippen LogP contribution in [-0.4, -0.2) is 45.8 Å². The van der Waals surface area contributed by atoms with Gasteiger partial charge in [0.1, 0.15) is 11.5 Å². The number of nitrogens with zero attached hydrogens (tertiary/aromatic N) is 3. The fourth-order valence-corrected chi connectivity index (χ4v) is 4.89. The molecule has 0 aliphatic carbocycles. The molecule has 0 amide bonds. The van der Waals surface area contributed by atoms with E-state index >= 15 is 0 Å². The summed E-state index contributed by atoms with van der Waals surface area (Å²) < 4.78 is 54.8. The Balaban J connectivity index is 1.57. The fraction of sp³-hybridized carbons (Fsp3) is 0.294. The van der Waals surface area contributed by atoms with Crippen molar-refractivity contribution in [3.8, 4) is 22.8 Å². The third-order valence-corrected chi connectivity index (χ3v) is 7.03. The molecule has 0 spiro atoms. The number of esters is 1. The summed E-state index contributed by atoms with van der Waals surface area (Å²) in [5.74, 6) is -0.419. The Morgan fingerprint density at radius 2 is 1.69 bits per heavy atom. The molecule has 0 fully saturated rings. The van der Waals surface area contributed by atoms with Crippen LogP contribution in [0.2, 0.25) is 5.02 Å². The lowest BCUT2D eigenvalue weighted by Gasteiger charge is -2.25. The predicted molar refractivity (Wildman–Crippen MR) is 167 cm³/mol. The summed E-state index contributed by atoms with van der Waals surface area (Å²) in [4.78, 5) is 14.4. The summed E-state index contributed by atoms with van der Waals surface area (Å²) in [5.41, 5.74) is 2.92. The second-order valence-corrected chi connectivity index (χ2v) is 11.2. The molecule has 238 valence electrons. The van der Waals surface area contributed by atoms with E-state index in [4.69, 9.17) is 26.2 Å². The van der Waals surface area contributed by atoms with Crippen molar-refractivity contribution in [2.75, 3.05) is 13.2 Å². The highest BCUT2D eigenvalue weighted by molar-refractivity contribution is 6.32. The van der Waals surface area contributed by atoms with Crippen LogP contribution in [0.25, 0.3) is 11.3 Å². The van der Waals surface area contributed by atoms with Crippen molar-refractivity contribution in [2.24, 2.45) is 0 Å². The second-order valence-electron chi connectivity index (χ2n) is 10.8. The number of ether oxygens (including phenoxy) is 3. The van der Waals surface area contributed by atoms with E-state index in [2.05, 4.69) is 16.2 Å². The van der Waals surface area contributed by atoms with Crippen molar-refractivity contribution < 1.29 is 32.2 Å². The van der Waals surface area contributed by atoms with Crippen LogP contribution < -0.4 is 9.47 Å². The van der Waals surface area contributed by atoms with Gasteiger partial charge in [-0.3, -0.25) is 9.58 Å². The lowest BCUT2D eigenvalue weighted by molar-refractivity contribution is -0.274. The number of carbonyl (C=O) groups excluding carboxylic acids is 1. The lowest BCUT2D eigenvalue weighted by atomic mass is 10.1. The summed E-state index contributed by atoms with van der Waals surface area (Å²) in [6, 6.07) is 22.8. The molecule has 0 unspecified atom stereocenters. The molecule has 4 rings (SSSR count). The van der Waals surface area contributed by atoms with Crippen molar-refractivity contribution in [3.63, 3.8) is 0 Å². The summed E-state index contributed by atoms with van der Waals surface area (Å²) in [6.45, 7) is 11.2. The van der Waals surface area contributed by atoms with Crippen LogP contribution in [0.15, 0.2) is 91.5 Å². The van der Waals surface area contributed by atoms with Gasteiger partial charge in [-0.25, -0.2) is 4.79 Å². The maximum atomic E-state index is 12.7. The fourth-order valence-electron chi connectivity index (χ4n) is 4.65. The van der Waals surface area contributed by atoms with Gasteiger partial charge in [-0.2, -0.15) is 5.10 Å². The van der Waals surface area contributed by atoms with Gasteiger partial charge >= 0.3 is 12.3 Å². The van der Waals surface area contributed by atoms with Gasteiger partial charge in [-0.1, -0.05) is 54.1 Å². The average molecular weight is 642 g/mol. The predicted octanol–water partition coefficient (Wildman–Crippen LogP) is 8.06. The van der Waals surface area contributed by atoms with Gasteiger partial charge in [0.25, 0.3) is 0 Å². The van der Waals surface area contributed by atoms with Gasteiger partial charge in [-0.15, -0.1) is 19.8 Å². The number of rotatable bonds is 14. The number of carbonyl (C=O) groups is 1. The first-order valence-corrected chi connectivity index (χ1v) is 14.7. The molecule has 7 nitrogen and oxygen atoms in total. The largest absolute Gasteiger partial charge is 0.573 e. The van der Waals surface area contributed by atoms with Crippen LogP contribution >= 0.6 is 11.6 Å². The zero-order valence-corrected chi connectivity index (χ0v) is 26.1. The van der Waals surface area contributed by atoms with E-state index in [0.29, 0.717) is 48.2 Å². The topological polar surface area (TPSA) is 65.8 Å². The highest BCUT2D eigenvalue weighted by Crippen LogP contribution is 2.31. The molecule has 3 aromatic carbocycles. The molecule has 11 heteroatoms. The first kappa shape index (κ1) is 33.6. The van der Waals surface area contributed by atoms with Gasteiger partial charge in [0.2, 0.25) is 0 Å². The van der Waals surface area contributed by atoms with Gasteiger partial charge in [0.15, 0.2) is 5.60 Å². The number of benzene rings is 3. The van der Waals surface area contributed by atoms with E-state index in [-0.39, 0.29) is 12.4 Å². The van der Waals surface area contributed by atoms with Crippen LogP contribution in [0.3, 0.4) is 0 Å². The maximum absolute atomic E-state index is 12.7. The van der Waals surface area contributed by atoms with E-state index in [1.54, 1.807) is 51.1 Å². The Morgan fingerprint density at radius 1 is 0.978 bits per heavy atom. The molecule has 1 aromatic heterocycles. The van der Waals surface area contributed by atoms with E-state index in [1.165, 1.54) is 12.1 Å². The van der Waals surface area contributed by atoms with Crippen molar-refractivity contribution in [2.45, 2.75) is 52.4 Å². The third-order valence-electron chi connectivity index (χ3n) is 6.73. The maximum Gasteiger partial charge on any atom is 0.573 e. The molecule has 0 bridgehead atoms. The minimum Gasteiger partial charge on any atom is -0.475 e. The molecular weight excluding hydrogens is 607 g/mol. The van der Waals surface area contributed by atoms with Crippen molar-refractivity contribution in [3.05, 3.63) is 113 Å². The van der Waals surface area contributed by atoms with Crippen LogP contribution in [0.4, 0.5) is 13.2 Å². The zero-order valence-electron chi connectivity index (χ0n) is 25.3. The van der Waals surface area contributed by atoms with E-state index < -0.39 is 17.9 Å². The molecule has 0 radical (unpaired) electrons. The Labute approximate surface area is 265 Å². The molecule has 0 saturated heterocycles. The van der Waals surface area contributed by atoms with Crippen LogP contribution in [-0.2, 0) is 29.2 Å². The van der Waals surface area contributed by atoms with Crippen molar-refractivity contribution in [1.29, 1.82) is 0 Å². The molecule has 4 aromatic rings. The monoisotopic (exact) mass is 641 g/mol. The highest BCUT2D eigenvalue weighted by Gasteiger charge is 2.32. The standard InChI is InChI=1S/C34H35ClF3N3O4/c1-5-18-40(21-25-12-17-31(29(35)19-25)45-33(3,4)32(42)43-6-2)23-27-20-30(39-41(27)22-24-10-8-7-9-11-24)26-13-15-28(16-14-26)44-34(36,37)38/h5,7-17,19-20H,1,6,18,21-23H2,2-4H3. The van der Waals surface area contributed by atoms with E-state index in [9.17, 15) is 18.0 Å². The second kappa shape index (κ2) is 14.7. The minimum atomic E-state index is -4.77. The quantitative estimate of drug-likeness (QED) is 0.103. The van der Waals surface area contributed by atoms with Crippen LogP contribution in [0, 0.1) is 0 Å². The Kier molecular flexibility index (Phi) is 11.0. The molecular formula is C34H35ClF3N3O4. The van der Waals surface area contributed by atoms with E-state index in [1.807, 2.05) is 47.1 Å². The minimum absolute atomic E-state index is 0.242. The molecule has 0 saturated carbocycles. The van der Waals surface area contributed by atoms with Crippen molar-refractivity contribution >= 4 is 17.6 Å². The Morgan fingerprint density at radius 3 is 2.31 bits per heavy atom. The summed E-state index contributed by atoms with van der Waals surface area (Å²) in [6.07, 6.45) is -2.96. The van der Waals surface area contributed by atoms with Gasteiger partial charge in [0, 0.05) is 25.2 Å². The molecule has 1 heterocycles. The SMILES string of the molecule is C=CCN(Cc1ccc(OC(C)(C)C(=O)OCC)c(Cl)c1)Cc1cc(-c2ccc(OC(F)(F)F)cc2)nn1Cc1ccccc1. The molecule has 0 N–H and O–H groups in total. The molecule has 45 heavy (non-hydrogen) atoms. The number of alkyl halides is 3. The smallest absolute Gasteiger partial charge is 0.475 e. The Bertz CT molecular complexity index is 1590. The number of aromatic nitrogens is 2. The number of halogens is 4. The summed E-state index contributed by atoms with van der Waals surface area (Å²) in [5, 5.41) is 5.17. The first-order valence-electron chi connectivity index (χ1n) is 14.3. The third kappa shape index (κ3) is 9.60. The average Bonchev–Trinajstić information content (AvgIpc) is 3.36. The van der Waals surface area contributed by atoms with E-state index in [0.717, 1.165) is 16.8 Å². The number of hydrogen-bond donors (Lipinski definition) is 0. The highest BCUT2D eigenvalue weighted by atomic mass is 35.5. The van der Waals surface area contributed by atoms with Gasteiger partial charge < -0.3 is 14.2 Å². The molecule has 0 atom stereocenters. The summed E-state index contributed by atoms with van der Waals surface area (Å²) in [7, 11) is 0. The van der Waals surface area contributed by atoms with Crippen LogP contribution in [0.5, 0.6) is 11.5 Å². The molecule has 0 aliphatic heterocycles.